The number of nitrogens with one attached hydrogen (secondary N) is 2. The summed E-state index contributed by atoms with van der Waals surface area (Å²) in [6.45, 7) is 6.52. The molecule has 1 fully saturated rings. The van der Waals surface area contributed by atoms with Crippen molar-refractivity contribution < 1.29 is 9.32 Å². The molecule has 1 aromatic rings. The maximum Gasteiger partial charge on any atom is 0.234 e. The van der Waals surface area contributed by atoms with E-state index >= 15 is 0 Å². The van der Waals surface area contributed by atoms with Crippen molar-refractivity contribution in [3.05, 3.63) is 11.7 Å². The number of nitrogens with zero attached hydrogens (tertiary/aromatic N) is 3. The van der Waals surface area contributed by atoms with E-state index in [1.165, 1.54) is 0 Å². The minimum absolute atomic E-state index is 0.0529. The van der Waals surface area contributed by atoms with Crippen LogP contribution in [0, 0.1) is 6.92 Å². The lowest BCUT2D eigenvalue weighted by molar-refractivity contribution is -0.122. The van der Waals surface area contributed by atoms with Crippen molar-refractivity contribution in [1.29, 1.82) is 0 Å². The quantitative estimate of drug-likeness (QED) is 0.696. The van der Waals surface area contributed by atoms with Crippen LogP contribution >= 0.6 is 0 Å². The van der Waals surface area contributed by atoms with E-state index < -0.39 is 0 Å². The normalized spacial score (nSPS) is 16.7. The number of amides is 1. The fourth-order valence-corrected chi connectivity index (χ4v) is 1.88. The van der Waals surface area contributed by atoms with Crippen LogP contribution in [0.5, 0.6) is 0 Å². The Balaban J connectivity index is 1.62. The Hall–Kier alpha value is -1.47. The highest BCUT2D eigenvalue weighted by Gasteiger charge is 2.13. The van der Waals surface area contributed by atoms with Gasteiger partial charge in [0, 0.05) is 46.1 Å². The molecule has 0 unspecified atom stereocenters. The van der Waals surface area contributed by atoms with Gasteiger partial charge in [-0.2, -0.15) is 4.98 Å². The first-order valence-corrected chi connectivity index (χ1v) is 6.23. The van der Waals surface area contributed by atoms with Crippen LogP contribution in [0.25, 0.3) is 0 Å². The number of carbonyl (C=O) groups is 1. The molecule has 1 aromatic heterocycles. The molecule has 0 bridgehead atoms. The Morgan fingerprint density at radius 1 is 1.50 bits per heavy atom. The molecule has 2 heterocycles. The number of hydrogen-bond donors (Lipinski definition) is 2. The fourth-order valence-electron chi connectivity index (χ4n) is 1.88. The minimum atomic E-state index is 0.0529. The summed E-state index contributed by atoms with van der Waals surface area (Å²) in [5, 5.41) is 9.89. The van der Waals surface area contributed by atoms with Crippen molar-refractivity contribution in [3.63, 3.8) is 0 Å². The van der Waals surface area contributed by atoms with E-state index in [9.17, 15) is 4.79 Å². The summed E-state index contributed by atoms with van der Waals surface area (Å²) in [5.41, 5.74) is 0. The summed E-state index contributed by atoms with van der Waals surface area (Å²) >= 11 is 0. The molecular formula is C11H19N5O2. The lowest BCUT2D eigenvalue weighted by Gasteiger charge is -2.26. The molecule has 1 amide bonds. The predicted molar refractivity (Wildman–Crippen MR) is 65.1 cm³/mol. The van der Waals surface area contributed by atoms with Crippen molar-refractivity contribution in [2.24, 2.45) is 0 Å². The molecule has 7 heteroatoms. The monoisotopic (exact) mass is 253 g/mol. The van der Waals surface area contributed by atoms with E-state index in [1.807, 2.05) is 0 Å². The van der Waals surface area contributed by atoms with Crippen molar-refractivity contribution >= 4 is 5.91 Å². The van der Waals surface area contributed by atoms with Gasteiger partial charge in [0.05, 0.1) is 6.54 Å². The molecular weight excluding hydrogens is 234 g/mol. The van der Waals surface area contributed by atoms with Gasteiger partial charge < -0.3 is 15.2 Å². The van der Waals surface area contributed by atoms with E-state index in [2.05, 4.69) is 25.7 Å². The van der Waals surface area contributed by atoms with Crippen molar-refractivity contribution in [2.45, 2.75) is 13.3 Å². The van der Waals surface area contributed by atoms with Crippen LogP contribution in [-0.2, 0) is 11.2 Å². The smallest absolute Gasteiger partial charge is 0.234 e. The molecule has 2 rings (SSSR count). The van der Waals surface area contributed by atoms with Crippen molar-refractivity contribution in [3.8, 4) is 0 Å². The highest BCUT2D eigenvalue weighted by atomic mass is 16.5. The SMILES string of the molecule is Cc1nc(CCNC(=O)CN2CCNCC2)no1. The number of piperazine rings is 1. The summed E-state index contributed by atoms with van der Waals surface area (Å²) in [4.78, 5) is 17.9. The second-order valence-electron chi connectivity index (χ2n) is 4.36. The molecule has 0 saturated carbocycles. The number of hydrogen-bond acceptors (Lipinski definition) is 6. The van der Waals surface area contributed by atoms with Gasteiger partial charge in [0.15, 0.2) is 5.82 Å². The molecule has 0 spiro atoms. The zero-order valence-electron chi connectivity index (χ0n) is 10.6. The Morgan fingerprint density at radius 2 is 2.28 bits per heavy atom. The summed E-state index contributed by atoms with van der Waals surface area (Å²) in [6.07, 6.45) is 0.602. The Morgan fingerprint density at radius 3 is 2.94 bits per heavy atom. The first-order valence-electron chi connectivity index (χ1n) is 6.23. The van der Waals surface area contributed by atoms with Crippen LogP contribution in [0.4, 0.5) is 0 Å². The fraction of sp³-hybridized carbons (Fsp3) is 0.727. The maximum atomic E-state index is 11.7. The third kappa shape index (κ3) is 4.08. The van der Waals surface area contributed by atoms with E-state index in [1.54, 1.807) is 6.92 Å². The summed E-state index contributed by atoms with van der Waals surface area (Å²) in [7, 11) is 0. The highest BCUT2D eigenvalue weighted by Crippen LogP contribution is 1.95. The summed E-state index contributed by atoms with van der Waals surface area (Å²) in [5.74, 6) is 1.24. The first-order chi connectivity index (χ1) is 8.74. The lowest BCUT2D eigenvalue weighted by Crippen LogP contribution is -2.47. The van der Waals surface area contributed by atoms with E-state index in [4.69, 9.17) is 4.52 Å². The van der Waals surface area contributed by atoms with Gasteiger partial charge in [0.2, 0.25) is 11.8 Å². The van der Waals surface area contributed by atoms with E-state index in [0.29, 0.717) is 31.2 Å². The minimum Gasteiger partial charge on any atom is -0.355 e. The third-order valence-corrected chi connectivity index (χ3v) is 2.82. The van der Waals surface area contributed by atoms with E-state index in [0.717, 1.165) is 26.2 Å². The Labute approximate surface area is 106 Å². The summed E-state index contributed by atoms with van der Waals surface area (Å²) in [6, 6.07) is 0. The molecule has 1 aliphatic heterocycles. The number of aryl methyl sites for hydroxylation is 1. The molecule has 0 radical (unpaired) electrons. The number of aromatic nitrogens is 2. The highest BCUT2D eigenvalue weighted by molar-refractivity contribution is 5.78. The van der Waals surface area contributed by atoms with Crippen LogP contribution in [-0.4, -0.2) is 60.2 Å². The second kappa shape index (κ2) is 6.46. The van der Waals surface area contributed by atoms with Gasteiger partial charge in [0.1, 0.15) is 0 Å². The van der Waals surface area contributed by atoms with Gasteiger partial charge in [-0.1, -0.05) is 5.16 Å². The molecule has 7 nitrogen and oxygen atoms in total. The van der Waals surface area contributed by atoms with Gasteiger partial charge in [-0.15, -0.1) is 0 Å². The zero-order chi connectivity index (χ0) is 12.8. The van der Waals surface area contributed by atoms with Gasteiger partial charge in [0.25, 0.3) is 0 Å². The Bertz CT molecular complexity index is 387. The Kier molecular flexibility index (Phi) is 4.66. The van der Waals surface area contributed by atoms with Crippen LogP contribution in [0.2, 0.25) is 0 Å². The van der Waals surface area contributed by atoms with Crippen LogP contribution < -0.4 is 10.6 Å². The maximum absolute atomic E-state index is 11.7. The lowest BCUT2D eigenvalue weighted by atomic mass is 10.3. The molecule has 2 N–H and O–H groups in total. The third-order valence-electron chi connectivity index (χ3n) is 2.82. The molecule has 0 atom stereocenters. The first kappa shape index (κ1) is 13.0. The van der Waals surface area contributed by atoms with Gasteiger partial charge in [-0.25, -0.2) is 0 Å². The zero-order valence-corrected chi connectivity index (χ0v) is 10.6. The average molecular weight is 253 g/mol. The summed E-state index contributed by atoms with van der Waals surface area (Å²) < 4.78 is 4.85. The molecule has 0 aromatic carbocycles. The topological polar surface area (TPSA) is 83.3 Å². The van der Waals surface area contributed by atoms with E-state index in [-0.39, 0.29) is 5.91 Å². The molecule has 18 heavy (non-hydrogen) atoms. The molecule has 100 valence electrons. The number of rotatable bonds is 5. The molecule has 1 saturated heterocycles. The predicted octanol–water partition coefficient (Wildman–Crippen LogP) is -1.06. The average Bonchev–Trinajstić information content (AvgIpc) is 2.76. The van der Waals surface area contributed by atoms with Crippen LogP contribution in [0.1, 0.15) is 11.7 Å². The largest absolute Gasteiger partial charge is 0.355 e. The molecule has 1 aliphatic rings. The number of carbonyl (C=O) groups excluding carboxylic acids is 1. The van der Waals surface area contributed by atoms with Crippen molar-refractivity contribution in [2.75, 3.05) is 39.3 Å². The van der Waals surface area contributed by atoms with Gasteiger partial charge in [-0.05, 0) is 0 Å². The van der Waals surface area contributed by atoms with Gasteiger partial charge >= 0.3 is 0 Å². The van der Waals surface area contributed by atoms with Crippen LogP contribution in [0.15, 0.2) is 4.52 Å². The molecule has 0 aliphatic carbocycles. The van der Waals surface area contributed by atoms with Crippen LogP contribution in [0.3, 0.4) is 0 Å². The second-order valence-corrected chi connectivity index (χ2v) is 4.36. The van der Waals surface area contributed by atoms with Gasteiger partial charge in [-0.3, -0.25) is 9.69 Å². The standard InChI is InChI=1S/C11H19N5O2/c1-9-14-10(15-18-9)2-3-13-11(17)8-16-6-4-12-5-7-16/h12H,2-8H2,1H3,(H,13,17). The van der Waals surface area contributed by atoms with Crippen molar-refractivity contribution in [1.82, 2.24) is 25.7 Å².